The van der Waals surface area contributed by atoms with E-state index in [1.165, 1.54) is 0 Å². The van der Waals surface area contributed by atoms with Crippen molar-refractivity contribution in [2.24, 2.45) is 0 Å². The van der Waals surface area contributed by atoms with Gasteiger partial charge in [-0.15, -0.1) is 0 Å². The van der Waals surface area contributed by atoms with Crippen LogP contribution in [0.15, 0.2) is 0 Å². The number of hydrogen-bond donors (Lipinski definition) is 1. The maximum Gasteiger partial charge on any atom is 0.239 e. The molecule has 1 heterocycles. The summed E-state index contributed by atoms with van der Waals surface area (Å²) in [5.74, 6) is -0.0378. The molecule has 1 atom stereocenters. The molecule has 1 aliphatic rings. The molecule has 7 heteroatoms. The second-order valence-corrected chi connectivity index (χ2v) is 6.14. The zero-order valence-corrected chi connectivity index (χ0v) is 14.3. The highest BCUT2D eigenvalue weighted by molar-refractivity contribution is 5.83. The second kappa shape index (κ2) is 8.12. The molecule has 0 aromatic carbocycles. The maximum atomic E-state index is 12.5. The van der Waals surface area contributed by atoms with E-state index in [-0.39, 0.29) is 36.3 Å². The van der Waals surface area contributed by atoms with Crippen LogP contribution in [0, 0.1) is 0 Å². The van der Waals surface area contributed by atoms with Crippen LogP contribution in [0.4, 0.5) is 0 Å². The van der Waals surface area contributed by atoms with E-state index >= 15 is 0 Å². The molecule has 1 fully saturated rings. The van der Waals surface area contributed by atoms with Crippen molar-refractivity contribution in [1.82, 2.24) is 20.0 Å². The Hall–Kier alpha value is -1.63. The first-order valence-electron chi connectivity index (χ1n) is 7.76. The number of nitrogens with one attached hydrogen (secondary N) is 1. The molecule has 1 N–H and O–H groups in total. The molecule has 3 amide bonds. The number of nitrogens with zero attached hydrogens (tertiary/aromatic N) is 3. The first-order chi connectivity index (χ1) is 10.2. The van der Waals surface area contributed by atoms with Crippen LogP contribution >= 0.6 is 0 Å². The summed E-state index contributed by atoms with van der Waals surface area (Å²) in [6, 6.07) is -0.270. The number of amides is 3. The molecule has 0 bridgehead atoms. The van der Waals surface area contributed by atoms with Gasteiger partial charge in [0, 0.05) is 39.1 Å². The highest BCUT2D eigenvalue weighted by Gasteiger charge is 2.28. The van der Waals surface area contributed by atoms with E-state index in [1.807, 2.05) is 20.8 Å². The van der Waals surface area contributed by atoms with E-state index < -0.39 is 0 Å². The standard InChI is InChI=1S/C15H28N4O3/c1-11(2)16-14(21)10-17(5)12(3)15(22)19-8-6-18(7-9-19)13(4)20/h11-12H,6-10H2,1-5H3,(H,16,21). The highest BCUT2D eigenvalue weighted by atomic mass is 16.2. The highest BCUT2D eigenvalue weighted by Crippen LogP contribution is 2.07. The van der Waals surface area contributed by atoms with E-state index in [4.69, 9.17) is 0 Å². The van der Waals surface area contributed by atoms with Crippen LogP contribution in [0.25, 0.3) is 0 Å². The van der Waals surface area contributed by atoms with Crippen molar-refractivity contribution in [1.29, 1.82) is 0 Å². The van der Waals surface area contributed by atoms with Crippen LogP contribution in [-0.4, -0.2) is 84.3 Å². The predicted molar refractivity (Wildman–Crippen MR) is 84.2 cm³/mol. The Morgan fingerprint density at radius 2 is 1.55 bits per heavy atom. The first-order valence-corrected chi connectivity index (χ1v) is 7.76. The predicted octanol–water partition coefficient (Wildman–Crippen LogP) is -0.478. The zero-order valence-electron chi connectivity index (χ0n) is 14.3. The van der Waals surface area contributed by atoms with Gasteiger partial charge in [-0.2, -0.15) is 0 Å². The van der Waals surface area contributed by atoms with E-state index in [0.717, 1.165) is 0 Å². The minimum absolute atomic E-state index is 0.00282. The second-order valence-electron chi connectivity index (χ2n) is 6.14. The van der Waals surface area contributed by atoms with Crippen LogP contribution in [0.1, 0.15) is 27.7 Å². The minimum Gasteiger partial charge on any atom is -0.353 e. The minimum atomic E-state index is -0.359. The molecule has 0 saturated carbocycles. The summed E-state index contributed by atoms with van der Waals surface area (Å²) in [4.78, 5) is 40.8. The first kappa shape index (κ1) is 18.4. The van der Waals surface area contributed by atoms with E-state index in [1.54, 1.807) is 28.7 Å². The van der Waals surface area contributed by atoms with Gasteiger partial charge in [-0.3, -0.25) is 19.3 Å². The van der Waals surface area contributed by atoms with Gasteiger partial charge in [-0.1, -0.05) is 0 Å². The van der Waals surface area contributed by atoms with Crippen molar-refractivity contribution in [3.63, 3.8) is 0 Å². The lowest BCUT2D eigenvalue weighted by Gasteiger charge is -2.37. The van der Waals surface area contributed by atoms with E-state index in [0.29, 0.717) is 26.2 Å². The van der Waals surface area contributed by atoms with Crippen LogP contribution < -0.4 is 5.32 Å². The van der Waals surface area contributed by atoms with Crippen molar-refractivity contribution in [3.05, 3.63) is 0 Å². The van der Waals surface area contributed by atoms with Crippen molar-refractivity contribution < 1.29 is 14.4 Å². The molecular weight excluding hydrogens is 284 g/mol. The largest absolute Gasteiger partial charge is 0.353 e. The monoisotopic (exact) mass is 312 g/mol. The molecule has 0 radical (unpaired) electrons. The van der Waals surface area contributed by atoms with Gasteiger partial charge >= 0.3 is 0 Å². The van der Waals surface area contributed by atoms with E-state index in [2.05, 4.69) is 5.32 Å². The summed E-state index contributed by atoms with van der Waals surface area (Å²) in [5.41, 5.74) is 0. The fraction of sp³-hybridized carbons (Fsp3) is 0.800. The summed E-state index contributed by atoms with van der Waals surface area (Å²) in [6.07, 6.45) is 0. The molecule has 7 nitrogen and oxygen atoms in total. The molecule has 0 aliphatic carbocycles. The summed E-state index contributed by atoms with van der Waals surface area (Å²) >= 11 is 0. The average Bonchev–Trinajstić information content (AvgIpc) is 2.44. The molecule has 0 aromatic heterocycles. The van der Waals surface area contributed by atoms with Gasteiger partial charge in [0.05, 0.1) is 12.6 Å². The third kappa shape index (κ3) is 5.29. The van der Waals surface area contributed by atoms with Crippen molar-refractivity contribution in [2.75, 3.05) is 39.8 Å². The smallest absolute Gasteiger partial charge is 0.239 e. The lowest BCUT2D eigenvalue weighted by molar-refractivity contribution is -0.142. The van der Waals surface area contributed by atoms with Crippen LogP contribution in [0.3, 0.4) is 0 Å². The Morgan fingerprint density at radius 1 is 1.05 bits per heavy atom. The van der Waals surface area contributed by atoms with Crippen molar-refractivity contribution in [2.45, 2.75) is 39.8 Å². The van der Waals surface area contributed by atoms with Gasteiger partial charge in [0.15, 0.2) is 0 Å². The molecule has 0 aromatic rings. The summed E-state index contributed by atoms with van der Waals surface area (Å²) in [7, 11) is 1.77. The Morgan fingerprint density at radius 3 is 2.00 bits per heavy atom. The Kier molecular flexibility index (Phi) is 6.80. The van der Waals surface area contributed by atoms with Crippen molar-refractivity contribution >= 4 is 17.7 Å². The molecule has 1 saturated heterocycles. The molecule has 126 valence electrons. The number of likely N-dealkylation sites (N-methyl/N-ethyl adjacent to an activating group) is 1. The Bertz CT molecular complexity index is 417. The van der Waals surface area contributed by atoms with Crippen LogP contribution in [0.5, 0.6) is 0 Å². The lowest BCUT2D eigenvalue weighted by atomic mass is 10.2. The summed E-state index contributed by atoms with van der Waals surface area (Å²) < 4.78 is 0. The Balaban J connectivity index is 2.47. The van der Waals surface area contributed by atoms with Gasteiger partial charge in [-0.25, -0.2) is 0 Å². The normalized spacial score (nSPS) is 16.9. The average molecular weight is 312 g/mol. The number of hydrogen-bond acceptors (Lipinski definition) is 4. The molecule has 1 aliphatic heterocycles. The van der Waals surface area contributed by atoms with Crippen molar-refractivity contribution in [3.8, 4) is 0 Å². The summed E-state index contributed by atoms with van der Waals surface area (Å²) in [6.45, 7) is 9.60. The molecule has 22 heavy (non-hydrogen) atoms. The molecule has 0 spiro atoms. The number of piperazine rings is 1. The number of rotatable bonds is 5. The fourth-order valence-electron chi connectivity index (χ4n) is 2.43. The van der Waals surface area contributed by atoms with E-state index in [9.17, 15) is 14.4 Å². The number of carbonyl (C=O) groups is 3. The zero-order chi connectivity index (χ0) is 16.9. The Labute approximate surface area is 132 Å². The van der Waals surface area contributed by atoms with Gasteiger partial charge < -0.3 is 15.1 Å². The van der Waals surface area contributed by atoms with Gasteiger partial charge in [-0.05, 0) is 27.8 Å². The van der Waals surface area contributed by atoms with Gasteiger partial charge in [0.1, 0.15) is 0 Å². The van der Waals surface area contributed by atoms with Gasteiger partial charge in [0.2, 0.25) is 17.7 Å². The topological polar surface area (TPSA) is 73.0 Å². The van der Waals surface area contributed by atoms with Gasteiger partial charge in [0.25, 0.3) is 0 Å². The molecular formula is C15H28N4O3. The third-order valence-corrected chi connectivity index (χ3v) is 3.90. The molecule has 1 rings (SSSR count). The SMILES string of the molecule is CC(=O)N1CCN(C(=O)C(C)N(C)CC(=O)NC(C)C)CC1. The number of carbonyl (C=O) groups excluding carboxylic acids is 3. The van der Waals surface area contributed by atoms with Crippen LogP contribution in [0.2, 0.25) is 0 Å². The van der Waals surface area contributed by atoms with Crippen LogP contribution in [-0.2, 0) is 14.4 Å². The summed E-state index contributed by atoms with van der Waals surface area (Å²) in [5, 5.41) is 2.82. The molecule has 1 unspecified atom stereocenters. The quantitative estimate of drug-likeness (QED) is 0.744. The fourth-order valence-corrected chi connectivity index (χ4v) is 2.43. The third-order valence-electron chi connectivity index (χ3n) is 3.90. The lowest BCUT2D eigenvalue weighted by Crippen LogP contribution is -2.55. The maximum absolute atomic E-state index is 12.5.